The van der Waals surface area contributed by atoms with E-state index >= 15 is 0 Å². The standard InChI is InChI=1S/C10H15F4NO/c1-6(7-4-2-3-5-7)15-9(16)10(13,14)8(11)12/h6-8H,2-5H2,1H3,(H,15,16)/t6-/m0/s1. The van der Waals surface area contributed by atoms with Crippen molar-refractivity contribution in [2.45, 2.75) is 51.0 Å². The largest absolute Gasteiger partial charge is 0.383 e. The van der Waals surface area contributed by atoms with Gasteiger partial charge >= 0.3 is 12.3 Å². The van der Waals surface area contributed by atoms with Crippen molar-refractivity contribution in [3.8, 4) is 0 Å². The third kappa shape index (κ3) is 2.86. The molecule has 0 aromatic rings. The molecule has 0 spiro atoms. The van der Waals surface area contributed by atoms with Gasteiger partial charge in [-0.1, -0.05) is 12.8 Å². The van der Waals surface area contributed by atoms with E-state index in [4.69, 9.17) is 0 Å². The molecule has 1 rings (SSSR count). The fourth-order valence-corrected chi connectivity index (χ4v) is 1.98. The number of halogens is 4. The predicted molar refractivity (Wildman–Crippen MR) is 50.5 cm³/mol. The van der Waals surface area contributed by atoms with Gasteiger partial charge in [-0.25, -0.2) is 8.78 Å². The van der Waals surface area contributed by atoms with Crippen LogP contribution >= 0.6 is 0 Å². The molecule has 0 radical (unpaired) electrons. The van der Waals surface area contributed by atoms with Gasteiger partial charge in [-0.3, -0.25) is 4.79 Å². The first-order valence-electron chi connectivity index (χ1n) is 5.32. The molecule has 1 aliphatic carbocycles. The molecular formula is C10H15F4NO. The monoisotopic (exact) mass is 241 g/mol. The molecule has 1 amide bonds. The number of hydrogen-bond acceptors (Lipinski definition) is 1. The number of alkyl halides is 4. The van der Waals surface area contributed by atoms with Crippen LogP contribution < -0.4 is 5.32 Å². The Morgan fingerprint density at radius 1 is 1.31 bits per heavy atom. The Kier molecular flexibility index (Phi) is 4.15. The SMILES string of the molecule is C[C@H](NC(=O)C(F)(F)C(F)F)C1CCCC1. The van der Waals surface area contributed by atoms with Gasteiger partial charge in [0, 0.05) is 6.04 Å². The van der Waals surface area contributed by atoms with E-state index in [0.717, 1.165) is 25.7 Å². The van der Waals surface area contributed by atoms with Crippen molar-refractivity contribution >= 4 is 5.91 Å². The third-order valence-corrected chi connectivity index (χ3v) is 3.04. The topological polar surface area (TPSA) is 29.1 Å². The molecule has 1 saturated carbocycles. The minimum absolute atomic E-state index is 0.123. The van der Waals surface area contributed by atoms with E-state index in [-0.39, 0.29) is 5.92 Å². The molecule has 1 atom stereocenters. The first-order chi connectivity index (χ1) is 7.35. The predicted octanol–water partition coefficient (Wildman–Crippen LogP) is 2.58. The number of amides is 1. The molecule has 1 aliphatic rings. The van der Waals surface area contributed by atoms with Crippen molar-refractivity contribution in [1.82, 2.24) is 5.32 Å². The van der Waals surface area contributed by atoms with Crippen molar-refractivity contribution in [3.63, 3.8) is 0 Å². The van der Waals surface area contributed by atoms with Gasteiger partial charge < -0.3 is 5.32 Å². The summed E-state index contributed by atoms with van der Waals surface area (Å²) in [6.07, 6.45) is -0.265. The van der Waals surface area contributed by atoms with Crippen LogP contribution in [0.2, 0.25) is 0 Å². The van der Waals surface area contributed by atoms with Crippen molar-refractivity contribution in [2.75, 3.05) is 0 Å². The number of carbonyl (C=O) groups is 1. The van der Waals surface area contributed by atoms with Gasteiger partial charge in [0.05, 0.1) is 0 Å². The maximum atomic E-state index is 12.6. The molecule has 0 aliphatic heterocycles. The van der Waals surface area contributed by atoms with E-state index in [2.05, 4.69) is 0 Å². The number of carbonyl (C=O) groups excluding carboxylic acids is 1. The van der Waals surface area contributed by atoms with Crippen LogP contribution in [0.15, 0.2) is 0 Å². The van der Waals surface area contributed by atoms with E-state index in [0.29, 0.717) is 0 Å². The average molecular weight is 241 g/mol. The van der Waals surface area contributed by atoms with Gasteiger partial charge in [-0.05, 0) is 25.7 Å². The summed E-state index contributed by atoms with van der Waals surface area (Å²) >= 11 is 0. The highest BCUT2D eigenvalue weighted by Crippen LogP contribution is 2.29. The van der Waals surface area contributed by atoms with Gasteiger partial charge in [0.25, 0.3) is 5.91 Å². The summed E-state index contributed by atoms with van der Waals surface area (Å²) in [5.41, 5.74) is 0. The maximum Gasteiger partial charge on any atom is 0.383 e. The number of nitrogens with one attached hydrogen (secondary N) is 1. The first kappa shape index (κ1) is 13.3. The van der Waals surface area contributed by atoms with E-state index in [9.17, 15) is 22.4 Å². The minimum Gasteiger partial charge on any atom is -0.348 e. The molecular weight excluding hydrogens is 226 g/mol. The smallest absolute Gasteiger partial charge is 0.348 e. The van der Waals surface area contributed by atoms with Gasteiger partial charge in [0.2, 0.25) is 0 Å². The summed E-state index contributed by atoms with van der Waals surface area (Å²) in [5, 5.41) is 1.97. The van der Waals surface area contributed by atoms with Crippen LogP contribution in [0, 0.1) is 5.92 Å². The quantitative estimate of drug-likeness (QED) is 0.753. The Morgan fingerprint density at radius 2 is 1.81 bits per heavy atom. The van der Waals surface area contributed by atoms with Gasteiger partial charge in [-0.15, -0.1) is 0 Å². The minimum atomic E-state index is -4.59. The molecule has 16 heavy (non-hydrogen) atoms. The molecule has 0 bridgehead atoms. The zero-order valence-electron chi connectivity index (χ0n) is 8.98. The Morgan fingerprint density at radius 3 is 2.25 bits per heavy atom. The zero-order valence-corrected chi connectivity index (χ0v) is 8.98. The molecule has 0 aromatic carbocycles. The van der Waals surface area contributed by atoms with E-state index in [1.54, 1.807) is 6.92 Å². The van der Waals surface area contributed by atoms with Crippen molar-refractivity contribution in [3.05, 3.63) is 0 Å². The van der Waals surface area contributed by atoms with Crippen molar-refractivity contribution in [1.29, 1.82) is 0 Å². The van der Waals surface area contributed by atoms with Gasteiger partial charge in [-0.2, -0.15) is 8.78 Å². The van der Waals surface area contributed by atoms with Crippen LogP contribution in [0.5, 0.6) is 0 Å². The highest BCUT2D eigenvalue weighted by atomic mass is 19.3. The molecule has 0 unspecified atom stereocenters. The Hall–Kier alpha value is -0.810. The third-order valence-electron chi connectivity index (χ3n) is 3.04. The van der Waals surface area contributed by atoms with Crippen LogP contribution in [-0.4, -0.2) is 24.3 Å². The van der Waals surface area contributed by atoms with Crippen LogP contribution in [0.4, 0.5) is 17.6 Å². The lowest BCUT2D eigenvalue weighted by molar-refractivity contribution is -0.170. The molecule has 1 fully saturated rings. The van der Waals surface area contributed by atoms with Gasteiger partial charge in [0.15, 0.2) is 0 Å². The average Bonchev–Trinajstić information content (AvgIpc) is 2.69. The fraction of sp³-hybridized carbons (Fsp3) is 0.900. The Balaban J connectivity index is 2.50. The van der Waals surface area contributed by atoms with Crippen molar-refractivity contribution in [2.24, 2.45) is 5.92 Å². The molecule has 6 heteroatoms. The van der Waals surface area contributed by atoms with E-state index in [1.165, 1.54) is 0 Å². The van der Waals surface area contributed by atoms with E-state index in [1.807, 2.05) is 5.32 Å². The normalized spacial score (nSPS) is 20.1. The second-order valence-corrected chi connectivity index (χ2v) is 4.23. The second-order valence-electron chi connectivity index (χ2n) is 4.23. The molecule has 0 aromatic heterocycles. The molecule has 0 saturated heterocycles. The molecule has 1 N–H and O–H groups in total. The summed E-state index contributed by atoms with van der Waals surface area (Å²) in [6.45, 7) is 1.58. The zero-order chi connectivity index (χ0) is 12.3. The lowest BCUT2D eigenvalue weighted by Crippen LogP contribution is -2.49. The molecule has 94 valence electrons. The lowest BCUT2D eigenvalue weighted by Gasteiger charge is -2.23. The summed E-state index contributed by atoms with van der Waals surface area (Å²) in [6, 6.07) is -0.473. The highest BCUT2D eigenvalue weighted by Gasteiger charge is 2.49. The summed E-state index contributed by atoms with van der Waals surface area (Å²) in [4.78, 5) is 10.9. The highest BCUT2D eigenvalue weighted by molar-refractivity contribution is 5.84. The number of rotatable bonds is 4. The number of hydrogen-bond donors (Lipinski definition) is 1. The lowest BCUT2D eigenvalue weighted by atomic mass is 9.99. The maximum absolute atomic E-state index is 12.6. The van der Waals surface area contributed by atoms with Gasteiger partial charge in [0.1, 0.15) is 0 Å². The summed E-state index contributed by atoms with van der Waals surface area (Å²) in [5.74, 6) is -6.34. The van der Waals surface area contributed by atoms with Crippen LogP contribution in [0.3, 0.4) is 0 Å². The Bertz CT molecular complexity index is 251. The van der Waals surface area contributed by atoms with E-state index < -0.39 is 24.3 Å². The molecule has 2 nitrogen and oxygen atoms in total. The second kappa shape index (κ2) is 5.01. The van der Waals surface area contributed by atoms with Crippen LogP contribution in [0.1, 0.15) is 32.6 Å². The molecule has 0 heterocycles. The summed E-state index contributed by atoms with van der Waals surface area (Å²) < 4.78 is 49.0. The van der Waals surface area contributed by atoms with Crippen LogP contribution in [0.25, 0.3) is 0 Å². The Labute approximate surface area is 91.4 Å². The van der Waals surface area contributed by atoms with Crippen molar-refractivity contribution < 1.29 is 22.4 Å². The summed E-state index contributed by atoms with van der Waals surface area (Å²) in [7, 11) is 0. The fourth-order valence-electron chi connectivity index (χ4n) is 1.98. The first-order valence-corrected chi connectivity index (χ1v) is 5.32. The van der Waals surface area contributed by atoms with Crippen LogP contribution in [-0.2, 0) is 4.79 Å².